The molecule has 0 bridgehead atoms. The molecule has 1 aromatic rings. The lowest BCUT2D eigenvalue weighted by atomic mass is 10.0. The van der Waals surface area contributed by atoms with Crippen LogP contribution in [0.1, 0.15) is 40.7 Å². The molecule has 0 fully saturated rings. The van der Waals surface area contributed by atoms with Crippen LogP contribution in [0.15, 0.2) is 12.1 Å². The number of aryl methyl sites for hydroxylation is 2. The Balaban J connectivity index is 2.43. The molecule has 0 heterocycles. The molecule has 1 rings (SSSR count). The van der Waals surface area contributed by atoms with Crippen molar-refractivity contribution in [1.82, 2.24) is 5.32 Å². The van der Waals surface area contributed by atoms with Crippen LogP contribution < -0.4 is 11.1 Å². The van der Waals surface area contributed by atoms with Crippen molar-refractivity contribution in [2.45, 2.75) is 33.1 Å². The van der Waals surface area contributed by atoms with E-state index < -0.39 is 0 Å². The highest BCUT2D eigenvalue weighted by molar-refractivity contribution is 7.98. The smallest absolute Gasteiger partial charge is 0.251 e. The molecule has 19 heavy (non-hydrogen) atoms. The van der Waals surface area contributed by atoms with Gasteiger partial charge in [-0.3, -0.25) is 4.79 Å². The fraction of sp³-hybridized carbons (Fsp3) is 0.533. The molecule has 0 atom stereocenters. The second kappa shape index (κ2) is 8.10. The third-order valence-corrected chi connectivity index (χ3v) is 3.87. The van der Waals surface area contributed by atoms with Gasteiger partial charge in [0, 0.05) is 17.8 Å². The highest BCUT2D eigenvalue weighted by Crippen LogP contribution is 2.17. The number of carbonyl (C=O) groups excluding carboxylic acids is 1. The lowest BCUT2D eigenvalue weighted by molar-refractivity contribution is 0.0952. The average molecular weight is 280 g/mol. The zero-order valence-corrected chi connectivity index (χ0v) is 12.9. The maximum absolute atomic E-state index is 12.0. The minimum absolute atomic E-state index is 0.0194. The van der Waals surface area contributed by atoms with Crippen LogP contribution in [0.4, 0.5) is 5.69 Å². The minimum Gasteiger partial charge on any atom is -0.398 e. The van der Waals surface area contributed by atoms with Crippen LogP contribution in [0.5, 0.6) is 0 Å². The highest BCUT2D eigenvalue weighted by atomic mass is 32.2. The van der Waals surface area contributed by atoms with Crippen molar-refractivity contribution in [1.29, 1.82) is 0 Å². The predicted molar refractivity (Wildman–Crippen MR) is 84.9 cm³/mol. The molecule has 4 heteroatoms. The van der Waals surface area contributed by atoms with E-state index in [0.29, 0.717) is 11.3 Å². The number of hydrogen-bond donors (Lipinski definition) is 2. The van der Waals surface area contributed by atoms with E-state index in [9.17, 15) is 4.79 Å². The van der Waals surface area contributed by atoms with Gasteiger partial charge in [0.05, 0.1) is 0 Å². The van der Waals surface area contributed by atoms with Crippen LogP contribution in [0, 0.1) is 13.8 Å². The molecule has 0 saturated heterocycles. The molecule has 3 nitrogen and oxygen atoms in total. The Kier molecular flexibility index (Phi) is 6.78. The molecule has 106 valence electrons. The van der Waals surface area contributed by atoms with Crippen LogP contribution in [0.2, 0.25) is 0 Å². The molecule has 1 amide bonds. The first-order valence-electron chi connectivity index (χ1n) is 6.70. The van der Waals surface area contributed by atoms with Gasteiger partial charge in [0.2, 0.25) is 0 Å². The summed E-state index contributed by atoms with van der Waals surface area (Å²) in [6.45, 7) is 4.63. The van der Waals surface area contributed by atoms with E-state index in [1.54, 1.807) is 6.07 Å². The third-order valence-electron chi connectivity index (χ3n) is 3.17. The van der Waals surface area contributed by atoms with Gasteiger partial charge in [-0.2, -0.15) is 11.8 Å². The highest BCUT2D eigenvalue weighted by Gasteiger charge is 2.10. The molecule has 0 aliphatic rings. The van der Waals surface area contributed by atoms with Gasteiger partial charge < -0.3 is 11.1 Å². The standard InChI is InChI=1S/C15H24N2OS/c1-11-9-12(2)14(16)10-13(11)15(18)17-7-5-4-6-8-19-3/h9-10H,4-8,16H2,1-3H3,(H,17,18). The van der Waals surface area contributed by atoms with Gasteiger partial charge in [0.1, 0.15) is 0 Å². The Morgan fingerprint density at radius 3 is 2.63 bits per heavy atom. The molecule has 0 spiro atoms. The van der Waals surface area contributed by atoms with Crippen molar-refractivity contribution in [2.24, 2.45) is 0 Å². The van der Waals surface area contributed by atoms with Gasteiger partial charge in [-0.25, -0.2) is 0 Å². The first-order valence-corrected chi connectivity index (χ1v) is 8.09. The van der Waals surface area contributed by atoms with Gasteiger partial charge in [-0.1, -0.05) is 12.5 Å². The van der Waals surface area contributed by atoms with Gasteiger partial charge in [0.15, 0.2) is 0 Å². The van der Waals surface area contributed by atoms with Crippen LogP contribution in [0.25, 0.3) is 0 Å². The Bertz CT molecular complexity index is 432. The molecule has 0 unspecified atom stereocenters. The molecule has 0 aromatic heterocycles. The van der Waals surface area contributed by atoms with Crippen LogP contribution >= 0.6 is 11.8 Å². The maximum Gasteiger partial charge on any atom is 0.251 e. The summed E-state index contributed by atoms with van der Waals surface area (Å²) in [6.07, 6.45) is 5.53. The zero-order valence-electron chi connectivity index (χ0n) is 12.1. The number of hydrogen-bond acceptors (Lipinski definition) is 3. The summed E-state index contributed by atoms with van der Waals surface area (Å²) in [6, 6.07) is 3.73. The topological polar surface area (TPSA) is 55.1 Å². The molecular weight excluding hydrogens is 256 g/mol. The van der Waals surface area contributed by atoms with Crippen molar-refractivity contribution >= 4 is 23.4 Å². The van der Waals surface area contributed by atoms with Crippen LogP contribution in [0.3, 0.4) is 0 Å². The SMILES string of the molecule is CSCCCCCNC(=O)c1cc(N)c(C)cc1C. The van der Waals surface area contributed by atoms with Crippen molar-refractivity contribution in [3.8, 4) is 0 Å². The summed E-state index contributed by atoms with van der Waals surface area (Å²) < 4.78 is 0. The second-order valence-electron chi connectivity index (χ2n) is 4.83. The second-order valence-corrected chi connectivity index (χ2v) is 5.82. The number of thioether (sulfide) groups is 1. The Labute approximate surface area is 120 Å². The van der Waals surface area contributed by atoms with E-state index in [1.165, 1.54) is 12.2 Å². The quantitative estimate of drug-likeness (QED) is 0.596. The molecule has 1 aromatic carbocycles. The lowest BCUT2D eigenvalue weighted by Gasteiger charge is -2.10. The van der Waals surface area contributed by atoms with E-state index in [2.05, 4.69) is 11.6 Å². The normalized spacial score (nSPS) is 10.5. The number of carbonyl (C=O) groups is 1. The number of rotatable bonds is 7. The molecule has 0 aliphatic carbocycles. The first kappa shape index (κ1) is 15.9. The number of anilines is 1. The fourth-order valence-electron chi connectivity index (χ4n) is 1.96. The van der Waals surface area contributed by atoms with Crippen molar-refractivity contribution in [3.63, 3.8) is 0 Å². The summed E-state index contributed by atoms with van der Waals surface area (Å²) in [5, 5.41) is 2.96. The third kappa shape index (κ3) is 5.15. The number of nitrogen functional groups attached to an aromatic ring is 1. The number of nitrogens with two attached hydrogens (primary N) is 1. The van der Waals surface area contributed by atoms with E-state index in [0.717, 1.165) is 30.5 Å². The average Bonchev–Trinajstić information content (AvgIpc) is 2.37. The predicted octanol–water partition coefficient (Wildman–Crippen LogP) is 3.15. The molecule has 0 radical (unpaired) electrons. The van der Waals surface area contributed by atoms with Gasteiger partial charge in [0.25, 0.3) is 5.91 Å². The molecule has 0 saturated carbocycles. The number of benzene rings is 1. The Morgan fingerprint density at radius 1 is 1.21 bits per heavy atom. The lowest BCUT2D eigenvalue weighted by Crippen LogP contribution is -2.25. The Hall–Kier alpha value is -1.16. The molecule has 0 aliphatic heterocycles. The summed E-state index contributed by atoms with van der Waals surface area (Å²) >= 11 is 1.87. The summed E-state index contributed by atoms with van der Waals surface area (Å²) in [4.78, 5) is 12.0. The molecule has 3 N–H and O–H groups in total. The van der Waals surface area contributed by atoms with E-state index in [-0.39, 0.29) is 5.91 Å². The van der Waals surface area contributed by atoms with Gasteiger partial charge in [-0.15, -0.1) is 0 Å². The van der Waals surface area contributed by atoms with Crippen molar-refractivity contribution in [3.05, 3.63) is 28.8 Å². The minimum atomic E-state index is -0.0194. The zero-order chi connectivity index (χ0) is 14.3. The van der Waals surface area contributed by atoms with Gasteiger partial charge >= 0.3 is 0 Å². The van der Waals surface area contributed by atoms with Gasteiger partial charge in [-0.05, 0) is 55.9 Å². The Morgan fingerprint density at radius 2 is 1.95 bits per heavy atom. The largest absolute Gasteiger partial charge is 0.398 e. The number of nitrogens with one attached hydrogen (secondary N) is 1. The fourth-order valence-corrected chi connectivity index (χ4v) is 2.45. The maximum atomic E-state index is 12.0. The van der Waals surface area contributed by atoms with E-state index >= 15 is 0 Å². The van der Waals surface area contributed by atoms with E-state index in [1.807, 2.05) is 31.7 Å². The van der Waals surface area contributed by atoms with Crippen molar-refractivity contribution < 1.29 is 4.79 Å². The van der Waals surface area contributed by atoms with E-state index in [4.69, 9.17) is 5.73 Å². The monoisotopic (exact) mass is 280 g/mol. The summed E-state index contributed by atoms with van der Waals surface area (Å²) in [5.74, 6) is 1.18. The summed E-state index contributed by atoms with van der Waals surface area (Å²) in [5.41, 5.74) is 9.22. The van der Waals surface area contributed by atoms with Crippen molar-refractivity contribution in [2.75, 3.05) is 24.3 Å². The summed E-state index contributed by atoms with van der Waals surface area (Å²) in [7, 11) is 0. The molecular formula is C15H24N2OS. The van der Waals surface area contributed by atoms with Crippen LogP contribution in [-0.2, 0) is 0 Å². The number of amides is 1. The first-order chi connectivity index (χ1) is 9.06. The number of unbranched alkanes of at least 4 members (excludes halogenated alkanes) is 2. The van der Waals surface area contributed by atoms with Crippen LogP contribution in [-0.4, -0.2) is 24.5 Å².